The third-order valence-corrected chi connectivity index (χ3v) is 5.04. The van der Waals surface area contributed by atoms with Crippen molar-refractivity contribution in [2.24, 2.45) is 0 Å². The first kappa shape index (κ1) is 17.8. The van der Waals surface area contributed by atoms with E-state index in [1.54, 1.807) is 12.1 Å². The number of para-hydroxylation sites is 2. The van der Waals surface area contributed by atoms with Crippen LogP contribution in [0.1, 0.15) is 5.56 Å². The van der Waals surface area contributed by atoms with Crippen LogP contribution >= 0.6 is 0 Å². The Bertz CT molecular complexity index is 1420. The summed E-state index contributed by atoms with van der Waals surface area (Å²) in [6, 6.07) is 20.3. The molecule has 1 N–H and O–H groups in total. The number of nitrogens with zero attached hydrogens (tertiary/aromatic N) is 3. The standard InChI is InChI=1S/C23H16N4O3/c1-14-9-10-15(27(28)29)11-19(14)26-22-12-20(24-13-25-22)18-7-4-6-17-16-5-2-3-8-21(16)30-23(17)18/h2-13H,1H3,(H,24,25,26). The Balaban J connectivity index is 1.58. The van der Waals surface area contributed by atoms with E-state index in [0.717, 1.165) is 33.1 Å². The first-order valence-corrected chi connectivity index (χ1v) is 9.35. The summed E-state index contributed by atoms with van der Waals surface area (Å²) in [4.78, 5) is 19.4. The molecule has 2 heterocycles. The monoisotopic (exact) mass is 396 g/mol. The van der Waals surface area contributed by atoms with Gasteiger partial charge in [-0.2, -0.15) is 0 Å². The van der Waals surface area contributed by atoms with Crippen LogP contribution in [0.25, 0.3) is 33.2 Å². The third-order valence-electron chi connectivity index (χ3n) is 5.04. The summed E-state index contributed by atoms with van der Waals surface area (Å²) in [5, 5.41) is 16.3. The van der Waals surface area contributed by atoms with Gasteiger partial charge in [0.2, 0.25) is 0 Å². The average molecular weight is 396 g/mol. The average Bonchev–Trinajstić information content (AvgIpc) is 3.14. The molecule has 0 spiro atoms. The number of nitrogens with one attached hydrogen (secondary N) is 1. The smallest absolute Gasteiger partial charge is 0.271 e. The molecular weight excluding hydrogens is 380 g/mol. The van der Waals surface area contributed by atoms with Crippen molar-refractivity contribution in [3.63, 3.8) is 0 Å². The number of rotatable bonds is 4. The fourth-order valence-corrected chi connectivity index (χ4v) is 3.52. The van der Waals surface area contributed by atoms with Gasteiger partial charge in [0.05, 0.1) is 10.6 Å². The molecule has 146 valence electrons. The quantitative estimate of drug-likeness (QED) is 0.296. The summed E-state index contributed by atoms with van der Waals surface area (Å²) >= 11 is 0. The van der Waals surface area contributed by atoms with Crippen LogP contribution in [-0.4, -0.2) is 14.9 Å². The van der Waals surface area contributed by atoms with Gasteiger partial charge in [-0.3, -0.25) is 10.1 Å². The van der Waals surface area contributed by atoms with Gasteiger partial charge in [0.25, 0.3) is 5.69 Å². The van der Waals surface area contributed by atoms with Crippen molar-refractivity contribution in [1.82, 2.24) is 9.97 Å². The highest BCUT2D eigenvalue weighted by atomic mass is 16.6. The number of furan rings is 1. The van der Waals surface area contributed by atoms with E-state index in [2.05, 4.69) is 15.3 Å². The minimum atomic E-state index is -0.418. The number of aromatic nitrogens is 2. The van der Waals surface area contributed by atoms with E-state index >= 15 is 0 Å². The number of nitro benzene ring substituents is 1. The lowest BCUT2D eigenvalue weighted by Gasteiger charge is -2.10. The SMILES string of the molecule is Cc1ccc([N+](=O)[O-])cc1Nc1cc(-c2cccc3c2oc2ccccc23)ncn1. The largest absolute Gasteiger partial charge is 0.455 e. The van der Waals surface area contributed by atoms with Crippen LogP contribution in [0.15, 0.2) is 77.5 Å². The maximum absolute atomic E-state index is 11.1. The Kier molecular flexibility index (Phi) is 4.14. The fourth-order valence-electron chi connectivity index (χ4n) is 3.52. The molecule has 2 aromatic heterocycles. The Morgan fingerprint density at radius 3 is 2.67 bits per heavy atom. The van der Waals surface area contributed by atoms with Gasteiger partial charge in [-0.05, 0) is 24.6 Å². The van der Waals surface area contributed by atoms with E-state index in [-0.39, 0.29) is 5.69 Å². The molecule has 0 amide bonds. The van der Waals surface area contributed by atoms with Gasteiger partial charge < -0.3 is 9.73 Å². The summed E-state index contributed by atoms with van der Waals surface area (Å²) in [6.07, 6.45) is 1.46. The van der Waals surface area contributed by atoms with E-state index in [1.807, 2.05) is 49.4 Å². The molecule has 7 heteroatoms. The number of benzene rings is 3. The molecule has 3 aromatic carbocycles. The van der Waals surface area contributed by atoms with E-state index in [0.29, 0.717) is 17.2 Å². The molecule has 0 radical (unpaired) electrons. The number of fused-ring (bicyclic) bond motifs is 3. The molecule has 0 saturated heterocycles. The van der Waals surface area contributed by atoms with Gasteiger partial charge in [0, 0.05) is 40.2 Å². The van der Waals surface area contributed by atoms with E-state index < -0.39 is 4.92 Å². The van der Waals surface area contributed by atoms with Crippen molar-refractivity contribution >= 4 is 39.1 Å². The summed E-state index contributed by atoms with van der Waals surface area (Å²) in [7, 11) is 0. The molecule has 0 aliphatic rings. The molecule has 5 rings (SSSR count). The molecule has 7 nitrogen and oxygen atoms in total. The van der Waals surface area contributed by atoms with Gasteiger partial charge in [0.1, 0.15) is 23.3 Å². The third kappa shape index (κ3) is 3.02. The number of hydrogen-bond donors (Lipinski definition) is 1. The minimum absolute atomic E-state index is 0.0180. The zero-order valence-electron chi connectivity index (χ0n) is 16.0. The van der Waals surface area contributed by atoms with Gasteiger partial charge in [-0.15, -0.1) is 0 Å². The zero-order chi connectivity index (χ0) is 20.7. The molecule has 30 heavy (non-hydrogen) atoms. The number of nitro groups is 1. The minimum Gasteiger partial charge on any atom is -0.455 e. The normalized spacial score (nSPS) is 11.1. The Morgan fingerprint density at radius 2 is 1.80 bits per heavy atom. The molecule has 0 aliphatic carbocycles. The molecule has 5 aromatic rings. The highest BCUT2D eigenvalue weighted by molar-refractivity contribution is 6.09. The van der Waals surface area contributed by atoms with Crippen molar-refractivity contribution in [3.05, 3.63) is 88.7 Å². The number of aryl methyl sites for hydroxylation is 1. The highest BCUT2D eigenvalue weighted by Crippen LogP contribution is 2.35. The predicted octanol–water partition coefficient (Wildman–Crippen LogP) is 6.00. The number of hydrogen-bond acceptors (Lipinski definition) is 6. The molecule has 0 unspecified atom stereocenters. The first-order valence-electron chi connectivity index (χ1n) is 9.35. The lowest BCUT2D eigenvalue weighted by Crippen LogP contribution is -1.98. The van der Waals surface area contributed by atoms with Crippen LogP contribution in [0.4, 0.5) is 17.2 Å². The van der Waals surface area contributed by atoms with Crippen LogP contribution in [0, 0.1) is 17.0 Å². The summed E-state index contributed by atoms with van der Waals surface area (Å²) < 4.78 is 6.10. The topological polar surface area (TPSA) is 94.1 Å². The summed E-state index contributed by atoms with van der Waals surface area (Å²) in [5.74, 6) is 0.539. The van der Waals surface area contributed by atoms with Gasteiger partial charge in [-0.1, -0.05) is 36.4 Å². The molecule has 0 bridgehead atoms. The predicted molar refractivity (Wildman–Crippen MR) is 116 cm³/mol. The van der Waals surface area contributed by atoms with Crippen molar-refractivity contribution in [1.29, 1.82) is 0 Å². The Morgan fingerprint density at radius 1 is 0.967 bits per heavy atom. The van der Waals surface area contributed by atoms with Gasteiger partial charge in [-0.25, -0.2) is 9.97 Å². The lowest BCUT2D eigenvalue weighted by molar-refractivity contribution is -0.384. The van der Waals surface area contributed by atoms with Crippen molar-refractivity contribution in [3.8, 4) is 11.3 Å². The van der Waals surface area contributed by atoms with Crippen LogP contribution in [-0.2, 0) is 0 Å². The van der Waals surface area contributed by atoms with E-state index in [4.69, 9.17) is 4.42 Å². The second kappa shape index (κ2) is 6.97. The van der Waals surface area contributed by atoms with E-state index in [9.17, 15) is 10.1 Å². The summed E-state index contributed by atoms with van der Waals surface area (Å²) in [5.41, 5.74) is 4.64. The van der Waals surface area contributed by atoms with Crippen molar-refractivity contribution in [2.45, 2.75) is 6.92 Å². The second-order valence-corrected chi connectivity index (χ2v) is 6.95. The van der Waals surface area contributed by atoms with Crippen LogP contribution in [0.3, 0.4) is 0 Å². The maximum atomic E-state index is 11.1. The number of anilines is 2. The van der Waals surface area contributed by atoms with Crippen molar-refractivity contribution in [2.75, 3.05) is 5.32 Å². The second-order valence-electron chi connectivity index (χ2n) is 6.95. The van der Waals surface area contributed by atoms with Crippen LogP contribution in [0.2, 0.25) is 0 Å². The first-order chi connectivity index (χ1) is 14.6. The van der Waals surface area contributed by atoms with Gasteiger partial charge in [0.15, 0.2) is 0 Å². The Labute approximate surface area is 171 Å². The van der Waals surface area contributed by atoms with Crippen LogP contribution < -0.4 is 5.32 Å². The molecule has 0 atom stereocenters. The van der Waals surface area contributed by atoms with E-state index in [1.165, 1.54) is 18.5 Å². The fraction of sp³-hybridized carbons (Fsp3) is 0.0435. The van der Waals surface area contributed by atoms with Gasteiger partial charge >= 0.3 is 0 Å². The number of non-ortho nitro benzene ring substituents is 1. The summed E-state index contributed by atoms with van der Waals surface area (Å²) in [6.45, 7) is 1.88. The molecule has 0 saturated carbocycles. The Hall–Kier alpha value is -4.26. The maximum Gasteiger partial charge on any atom is 0.271 e. The van der Waals surface area contributed by atoms with Crippen LogP contribution in [0.5, 0.6) is 0 Å². The highest BCUT2D eigenvalue weighted by Gasteiger charge is 2.14. The molecule has 0 aliphatic heterocycles. The molecule has 0 fully saturated rings. The lowest BCUT2D eigenvalue weighted by atomic mass is 10.1. The van der Waals surface area contributed by atoms with Crippen molar-refractivity contribution < 1.29 is 9.34 Å². The zero-order valence-corrected chi connectivity index (χ0v) is 16.0. The molecular formula is C23H16N4O3.